The zero-order valence-corrected chi connectivity index (χ0v) is 18.2. The van der Waals surface area contributed by atoms with Crippen molar-refractivity contribution in [3.63, 3.8) is 0 Å². The lowest BCUT2D eigenvalue weighted by Crippen LogP contribution is -2.08. The van der Waals surface area contributed by atoms with E-state index < -0.39 is 0 Å². The van der Waals surface area contributed by atoms with Gasteiger partial charge in [0.1, 0.15) is 17.2 Å². The molecule has 0 unspecified atom stereocenters. The Bertz CT molecular complexity index is 1380. The van der Waals surface area contributed by atoms with Crippen LogP contribution in [0.5, 0.6) is 0 Å². The summed E-state index contributed by atoms with van der Waals surface area (Å²) in [5.41, 5.74) is 7.55. The number of rotatable bonds is 6. The van der Waals surface area contributed by atoms with E-state index in [-0.39, 0.29) is 0 Å². The molecule has 3 heterocycles. The third-order valence-corrected chi connectivity index (χ3v) is 5.54. The van der Waals surface area contributed by atoms with E-state index >= 15 is 0 Å². The van der Waals surface area contributed by atoms with Crippen LogP contribution in [0.4, 0.5) is 5.82 Å². The molecule has 0 amide bonds. The molecule has 5 nitrogen and oxygen atoms in total. The summed E-state index contributed by atoms with van der Waals surface area (Å²) in [4.78, 5) is 13.4. The molecule has 5 rings (SSSR count). The average Bonchev–Trinajstić information content (AvgIpc) is 3.20. The van der Waals surface area contributed by atoms with Crippen molar-refractivity contribution in [2.75, 3.05) is 11.9 Å². The minimum absolute atomic E-state index is 0.743. The van der Waals surface area contributed by atoms with Crippen molar-refractivity contribution in [2.24, 2.45) is 0 Å². The van der Waals surface area contributed by atoms with Gasteiger partial charge in [-0.05, 0) is 66.8 Å². The molecule has 0 saturated carbocycles. The van der Waals surface area contributed by atoms with Gasteiger partial charge in [-0.15, -0.1) is 0 Å². The quantitative estimate of drug-likeness (QED) is 0.353. The Morgan fingerprint density at radius 2 is 1.78 bits per heavy atom. The summed E-state index contributed by atoms with van der Waals surface area (Å²) in [6.45, 7) is 4.76. The fraction of sp³-hybridized carbons (Fsp3) is 0.148. The number of benzene rings is 2. The summed E-state index contributed by atoms with van der Waals surface area (Å²) in [6, 6.07) is 20.8. The van der Waals surface area contributed by atoms with Crippen LogP contribution in [0.25, 0.3) is 33.4 Å². The summed E-state index contributed by atoms with van der Waals surface area (Å²) in [5.74, 6) is 1.58. The lowest BCUT2D eigenvalue weighted by Gasteiger charge is -2.10. The van der Waals surface area contributed by atoms with Gasteiger partial charge in [0.25, 0.3) is 0 Å². The Labute approximate surface area is 187 Å². The molecule has 0 bridgehead atoms. The molecule has 3 aromatic heterocycles. The predicted molar refractivity (Wildman–Crippen MR) is 129 cm³/mol. The number of hydrogen-bond acceptors (Lipinski definition) is 5. The number of fused-ring (bicyclic) bond motifs is 1. The number of nitrogens with zero attached hydrogens (tertiary/aromatic N) is 3. The lowest BCUT2D eigenvalue weighted by atomic mass is 10.0. The third-order valence-electron chi connectivity index (χ3n) is 5.54. The summed E-state index contributed by atoms with van der Waals surface area (Å²) in [7, 11) is 0. The first-order valence-electron chi connectivity index (χ1n) is 10.7. The van der Waals surface area contributed by atoms with Crippen LogP contribution in [-0.2, 0) is 6.42 Å². The number of pyridine rings is 1. The lowest BCUT2D eigenvalue weighted by molar-refractivity contribution is 0.613. The van der Waals surface area contributed by atoms with Gasteiger partial charge < -0.3 is 9.73 Å². The molecule has 0 radical (unpaired) electrons. The first kappa shape index (κ1) is 19.9. The zero-order valence-electron chi connectivity index (χ0n) is 18.2. The summed E-state index contributed by atoms with van der Waals surface area (Å²) < 4.78 is 5.57. The number of aryl methyl sites for hydroxylation is 2. The molecule has 0 fully saturated rings. The first-order chi connectivity index (χ1) is 15.7. The van der Waals surface area contributed by atoms with Crippen molar-refractivity contribution in [1.82, 2.24) is 15.0 Å². The molecule has 0 spiro atoms. The van der Waals surface area contributed by atoms with E-state index in [9.17, 15) is 0 Å². The Hall–Kier alpha value is -3.99. The highest BCUT2D eigenvalue weighted by atomic mass is 16.3. The number of aromatic nitrogens is 3. The van der Waals surface area contributed by atoms with Crippen LogP contribution in [0, 0.1) is 13.8 Å². The number of anilines is 1. The molecule has 0 saturated heterocycles. The van der Waals surface area contributed by atoms with Crippen molar-refractivity contribution >= 4 is 16.8 Å². The molecule has 32 heavy (non-hydrogen) atoms. The molecule has 0 aliphatic rings. The maximum atomic E-state index is 5.57. The van der Waals surface area contributed by atoms with Crippen LogP contribution in [0.1, 0.15) is 17.0 Å². The second kappa shape index (κ2) is 8.63. The highest BCUT2D eigenvalue weighted by Gasteiger charge is 2.08. The number of nitrogens with one attached hydrogen (secondary N) is 1. The van der Waals surface area contributed by atoms with E-state index in [1.165, 1.54) is 11.1 Å². The molecule has 0 atom stereocenters. The second-order valence-electron chi connectivity index (χ2n) is 7.93. The van der Waals surface area contributed by atoms with Gasteiger partial charge in [-0.1, -0.05) is 30.3 Å². The number of furan rings is 1. The summed E-state index contributed by atoms with van der Waals surface area (Å²) in [6.07, 6.45) is 6.37. The van der Waals surface area contributed by atoms with Gasteiger partial charge in [-0.2, -0.15) is 0 Å². The minimum atomic E-state index is 0.743. The van der Waals surface area contributed by atoms with Gasteiger partial charge in [-0.25, -0.2) is 9.97 Å². The van der Waals surface area contributed by atoms with Crippen LogP contribution in [0.3, 0.4) is 0 Å². The molecule has 5 heteroatoms. The van der Waals surface area contributed by atoms with Crippen molar-refractivity contribution in [3.8, 4) is 22.4 Å². The van der Waals surface area contributed by atoms with Crippen LogP contribution in [-0.4, -0.2) is 21.5 Å². The van der Waals surface area contributed by atoms with E-state index in [0.717, 1.165) is 58.0 Å². The normalized spacial score (nSPS) is 11.1. The molecule has 5 aromatic rings. The Morgan fingerprint density at radius 3 is 2.66 bits per heavy atom. The van der Waals surface area contributed by atoms with Crippen molar-refractivity contribution in [1.29, 1.82) is 0 Å². The van der Waals surface area contributed by atoms with Crippen molar-refractivity contribution < 1.29 is 4.42 Å². The molecular formula is C27H24N4O. The molecule has 0 aliphatic carbocycles. The monoisotopic (exact) mass is 420 g/mol. The maximum absolute atomic E-state index is 5.57. The molecule has 158 valence electrons. The average molecular weight is 421 g/mol. The van der Waals surface area contributed by atoms with Crippen LogP contribution in [0.15, 0.2) is 83.7 Å². The van der Waals surface area contributed by atoms with Crippen LogP contribution < -0.4 is 5.32 Å². The smallest absolute Gasteiger partial charge is 0.134 e. The van der Waals surface area contributed by atoms with Crippen LogP contribution in [0.2, 0.25) is 0 Å². The van der Waals surface area contributed by atoms with Gasteiger partial charge >= 0.3 is 0 Å². The molecule has 2 aromatic carbocycles. The van der Waals surface area contributed by atoms with E-state index in [4.69, 9.17) is 4.42 Å². The fourth-order valence-electron chi connectivity index (χ4n) is 3.90. The minimum Gasteiger partial charge on any atom is -0.464 e. The zero-order chi connectivity index (χ0) is 21.9. The Balaban J connectivity index is 1.31. The highest BCUT2D eigenvalue weighted by Crippen LogP contribution is 2.27. The van der Waals surface area contributed by atoms with Crippen LogP contribution >= 0.6 is 0 Å². The highest BCUT2D eigenvalue weighted by molar-refractivity contribution is 5.85. The van der Waals surface area contributed by atoms with Crippen molar-refractivity contribution in [3.05, 3.63) is 96.3 Å². The summed E-state index contributed by atoms with van der Waals surface area (Å²) in [5, 5.41) is 4.58. The fourth-order valence-corrected chi connectivity index (χ4v) is 3.90. The third kappa shape index (κ3) is 4.23. The maximum Gasteiger partial charge on any atom is 0.134 e. The van der Waals surface area contributed by atoms with E-state index in [1.54, 1.807) is 12.5 Å². The van der Waals surface area contributed by atoms with Gasteiger partial charge in [0.05, 0.1) is 12.0 Å². The first-order valence-corrected chi connectivity index (χ1v) is 10.7. The van der Waals surface area contributed by atoms with E-state index in [0.29, 0.717) is 0 Å². The Morgan fingerprint density at radius 1 is 0.875 bits per heavy atom. The summed E-state index contributed by atoms with van der Waals surface area (Å²) >= 11 is 0. The van der Waals surface area contributed by atoms with Gasteiger partial charge in [0.2, 0.25) is 0 Å². The predicted octanol–water partition coefficient (Wildman–Crippen LogP) is 6.22. The van der Waals surface area contributed by atoms with Gasteiger partial charge in [0, 0.05) is 36.0 Å². The number of hydrogen-bond donors (Lipinski definition) is 1. The van der Waals surface area contributed by atoms with Gasteiger partial charge in [0.15, 0.2) is 0 Å². The molecular weight excluding hydrogens is 396 g/mol. The topological polar surface area (TPSA) is 63.8 Å². The van der Waals surface area contributed by atoms with Gasteiger partial charge in [-0.3, -0.25) is 4.98 Å². The van der Waals surface area contributed by atoms with E-state index in [1.807, 2.05) is 37.4 Å². The van der Waals surface area contributed by atoms with Crippen molar-refractivity contribution in [2.45, 2.75) is 20.3 Å². The standard InChI is InChI=1S/C27H24N4O/c1-18-17-32-26-9-8-22(14-24(18)26)25-15-27(31-19(2)30-25)29-12-10-20-5-3-6-21(13-20)23-7-4-11-28-16-23/h3-9,11,13-17H,10,12H2,1-2H3,(H,29,30,31). The Kier molecular flexibility index (Phi) is 5.38. The molecule has 1 N–H and O–H groups in total. The SMILES string of the molecule is Cc1nc(NCCc2cccc(-c3cccnc3)c2)cc(-c2ccc3occ(C)c3c2)n1. The largest absolute Gasteiger partial charge is 0.464 e. The second-order valence-corrected chi connectivity index (χ2v) is 7.93. The molecule has 0 aliphatic heterocycles. The van der Waals surface area contributed by atoms with E-state index in [2.05, 4.69) is 63.6 Å².